The van der Waals surface area contributed by atoms with Crippen LogP contribution in [0.3, 0.4) is 0 Å². The van der Waals surface area contributed by atoms with Gasteiger partial charge in [-0.3, -0.25) is 15.1 Å². The minimum atomic E-state index is -5.02. The zero-order valence-corrected chi connectivity index (χ0v) is 24.0. The second-order valence-electron chi connectivity index (χ2n) is 11.1. The molecule has 0 saturated carbocycles. The summed E-state index contributed by atoms with van der Waals surface area (Å²) in [4.78, 5) is 14.6. The first-order valence-electron chi connectivity index (χ1n) is 13.6. The first-order valence-corrected chi connectivity index (χ1v) is 13.6. The summed E-state index contributed by atoms with van der Waals surface area (Å²) < 4.78 is 87.2. The van der Waals surface area contributed by atoms with E-state index in [1.807, 2.05) is 35.3 Å². The average molecular weight is 624 g/mol. The van der Waals surface area contributed by atoms with Gasteiger partial charge in [-0.25, -0.2) is 5.01 Å². The van der Waals surface area contributed by atoms with Crippen molar-refractivity contribution in [3.63, 3.8) is 0 Å². The zero-order chi connectivity index (χ0) is 29.9. The summed E-state index contributed by atoms with van der Waals surface area (Å²) in [6.45, 7) is 3.40. The summed E-state index contributed by atoms with van der Waals surface area (Å²) in [6, 6.07) is 10.6. The lowest BCUT2D eigenvalue weighted by Gasteiger charge is -2.44. The molecule has 1 unspecified atom stereocenters. The van der Waals surface area contributed by atoms with E-state index in [4.69, 9.17) is 4.74 Å². The fourth-order valence-corrected chi connectivity index (χ4v) is 5.49. The molecule has 234 valence electrons. The van der Waals surface area contributed by atoms with Gasteiger partial charge >= 0.3 is 12.4 Å². The monoisotopic (exact) mass is 623 g/mol. The van der Waals surface area contributed by atoms with Crippen LogP contribution in [-0.2, 0) is 32.9 Å². The topological polar surface area (TPSA) is 65.0 Å². The van der Waals surface area contributed by atoms with Crippen molar-refractivity contribution in [2.24, 2.45) is 0 Å². The second kappa shape index (κ2) is 13.5. The standard InChI is InChI=1S/C29H35F6N3O3.ClH/c1-26(19-39,22-15-23(28(30,31)32)17-24(16-22)29(33,34)35)41-20-27(21-7-3-2-4-8-21)9-13-38(14-10-27)36-25(40)18-37-11-5-6-12-37;/h2-4,7-8,15-17,39H,5-6,9-14,18-20H2,1H3,(H,36,40);1H. The Bertz CT molecular complexity index is 1150. The third kappa shape index (κ3) is 8.16. The highest BCUT2D eigenvalue weighted by Gasteiger charge is 2.42. The van der Waals surface area contributed by atoms with Crippen molar-refractivity contribution in [2.75, 3.05) is 45.9 Å². The SMILES string of the molecule is CC(CO)(OCC1(c2ccccc2)CCN(NC(=O)CN2CCCC2)CC1)c1cc(C(F)(F)F)cc(C(F)(F)F)c1.Cl. The molecule has 13 heteroatoms. The molecule has 0 spiro atoms. The van der Waals surface area contributed by atoms with Gasteiger partial charge in [-0.1, -0.05) is 30.3 Å². The maximum Gasteiger partial charge on any atom is 0.416 e. The van der Waals surface area contributed by atoms with Gasteiger partial charge in [-0.2, -0.15) is 26.3 Å². The number of benzene rings is 2. The first-order chi connectivity index (χ1) is 19.2. The zero-order valence-electron chi connectivity index (χ0n) is 23.2. The summed E-state index contributed by atoms with van der Waals surface area (Å²) in [5.74, 6) is -0.103. The normalized spacial score (nSPS) is 19.6. The van der Waals surface area contributed by atoms with Crippen LogP contribution in [0.5, 0.6) is 0 Å². The number of alkyl halides is 6. The molecule has 2 aliphatic heterocycles. The maximum absolute atomic E-state index is 13.5. The summed E-state index contributed by atoms with van der Waals surface area (Å²) in [6.07, 6.45) is -6.91. The van der Waals surface area contributed by atoms with Gasteiger partial charge in [0, 0.05) is 18.5 Å². The van der Waals surface area contributed by atoms with Gasteiger partial charge in [0.25, 0.3) is 0 Å². The molecule has 2 heterocycles. The molecule has 0 aromatic heterocycles. The van der Waals surface area contributed by atoms with Crippen molar-refractivity contribution in [3.8, 4) is 0 Å². The Balaban J connectivity index is 0.00000484. The summed E-state index contributed by atoms with van der Waals surface area (Å²) in [7, 11) is 0. The number of amides is 1. The number of piperidine rings is 1. The van der Waals surface area contributed by atoms with E-state index in [9.17, 15) is 36.2 Å². The Morgan fingerprint density at radius 2 is 1.43 bits per heavy atom. The van der Waals surface area contributed by atoms with Gasteiger partial charge in [-0.15, -0.1) is 12.4 Å². The Morgan fingerprint density at radius 3 is 1.93 bits per heavy atom. The van der Waals surface area contributed by atoms with Crippen LogP contribution in [0.25, 0.3) is 0 Å². The second-order valence-corrected chi connectivity index (χ2v) is 11.1. The average Bonchev–Trinajstić information content (AvgIpc) is 3.45. The number of aliphatic hydroxyl groups is 1. The molecular formula is C29H36ClF6N3O3. The van der Waals surface area contributed by atoms with E-state index in [0.717, 1.165) is 31.5 Å². The molecule has 1 amide bonds. The number of nitrogens with one attached hydrogen (secondary N) is 1. The van der Waals surface area contributed by atoms with Crippen LogP contribution < -0.4 is 5.43 Å². The van der Waals surface area contributed by atoms with Crippen LogP contribution in [0.15, 0.2) is 48.5 Å². The molecule has 2 saturated heterocycles. The maximum atomic E-state index is 13.5. The Hall–Kier alpha value is -2.38. The van der Waals surface area contributed by atoms with E-state index in [1.165, 1.54) is 6.92 Å². The third-order valence-corrected chi connectivity index (χ3v) is 8.12. The number of carbonyl (C=O) groups is 1. The van der Waals surface area contributed by atoms with Crippen molar-refractivity contribution in [3.05, 3.63) is 70.8 Å². The van der Waals surface area contributed by atoms with Gasteiger partial charge in [0.2, 0.25) is 5.91 Å². The number of ether oxygens (including phenoxy) is 1. The van der Waals surface area contributed by atoms with Crippen molar-refractivity contribution >= 4 is 18.3 Å². The highest BCUT2D eigenvalue weighted by atomic mass is 35.5. The van der Waals surface area contributed by atoms with Crippen LogP contribution in [0.1, 0.15) is 54.9 Å². The smallest absolute Gasteiger partial charge is 0.393 e. The molecule has 0 radical (unpaired) electrons. The number of hydrogen-bond acceptors (Lipinski definition) is 5. The van der Waals surface area contributed by atoms with Gasteiger partial charge in [-0.05, 0) is 75.0 Å². The van der Waals surface area contributed by atoms with Crippen molar-refractivity contribution in [2.45, 2.75) is 56.0 Å². The Morgan fingerprint density at radius 1 is 0.905 bits per heavy atom. The summed E-state index contributed by atoms with van der Waals surface area (Å²) in [5.41, 5.74) is -2.02. The third-order valence-electron chi connectivity index (χ3n) is 8.12. The predicted molar refractivity (Wildman–Crippen MR) is 147 cm³/mol. The van der Waals surface area contributed by atoms with Gasteiger partial charge < -0.3 is 9.84 Å². The number of rotatable bonds is 9. The van der Waals surface area contributed by atoms with Gasteiger partial charge in [0.1, 0.15) is 5.60 Å². The molecule has 0 aliphatic carbocycles. The van der Waals surface area contributed by atoms with E-state index < -0.39 is 46.7 Å². The van der Waals surface area contributed by atoms with Crippen LogP contribution in [0, 0.1) is 0 Å². The molecule has 6 nitrogen and oxygen atoms in total. The van der Waals surface area contributed by atoms with E-state index in [-0.39, 0.29) is 31.0 Å². The van der Waals surface area contributed by atoms with E-state index >= 15 is 0 Å². The number of hydrazine groups is 1. The number of carbonyl (C=O) groups excluding carboxylic acids is 1. The van der Waals surface area contributed by atoms with Crippen LogP contribution in [0.4, 0.5) is 26.3 Å². The van der Waals surface area contributed by atoms with Crippen LogP contribution in [0.2, 0.25) is 0 Å². The summed E-state index contributed by atoms with van der Waals surface area (Å²) >= 11 is 0. The lowest BCUT2D eigenvalue weighted by Crippen LogP contribution is -2.54. The predicted octanol–water partition coefficient (Wildman–Crippen LogP) is 5.53. The first kappa shape index (κ1) is 34.1. The molecule has 2 aliphatic rings. The number of nitrogens with zero attached hydrogens (tertiary/aromatic N) is 2. The highest BCUT2D eigenvalue weighted by molar-refractivity contribution is 5.85. The number of likely N-dealkylation sites (tertiary alicyclic amines) is 1. The number of hydrogen-bond donors (Lipinski definition) is 2. The van der Waals surface area contributed by atoms with E-state index in [0.29, 0.717) is 44.6 Å². The van der Waals surface area contributed by atoms with Crippen molar-refractivity contribution in [1.82, 2.24) is 15.3 Å². The molecule has 42 heavy (non-hydrogen) atoms. The minimum absolute atomic E-state index is 0. The molecule has 1 atom stereocenters. The number of aliphatic hydroxyl groups excluding tert-OH is 1. The summed E-state index contributed by atoms with van der Waals surface area (Å²) in [5, 5.41) is 12.0. The fraction of sp³-hybridized carbons (Fsp3) is 0.552. The molecular weight excluding hydrogens is 588 g/mol. The molecule has 2 N–H and O–H groups in total. The van der Waals surface area contributed by atoms with Crippen molar-refractivity contribution in [1.29, 1.82) is 0 Å². The van der Waals surface area contributed by atoms with E-state index in [2.05, 4.69) is 10.3 Å². The molecule has 0 bridgehead atoms. The fourth-order valence-electron chi connectivity index (χ4n) is 5.49. The number of halogens is 7. The highest BCUT2D eigenvalue weighted by Crippen LogP contribution is 2.41. The quantitative estimate of drug-likeness (QED) is 0.360. The minimum Gasteiger partial charge on any atom is -0.393 e. The lowest BCUT2D eigenvalue weighted by atomic mass is 9.73. The van der Waals surface area contributed by atoms with Crippen molar-refractivity contribution < 1.29 is 41.0 Å². The van der Waals surface area contributed by atoms with Gasteiger partial charge in [0.15, 0.2) is 0 Å². The molecule has 2 aromatic rings. The Labute approximate surface area is 247 Å². The largest absolute Gasteiger partial charge is 0.416 e. The van der Waals surface area contributed by atoms with E-state index in [1.54, 1.807) is 0 Å². The van der Waals surface area contributed by atoms with Gasteiger partial charge in [0.05, 0.1) is 30.9 Å². The molecule has 2 fully saturated rings. The Kier molecular flexibility index (Phi) is 11.0. The molecule has 4 rings (SSSR count). The van der Waals surface area contributed by atoms with Crippen LogP contribution in [-0.4, -0.2) is 66.9 Å². The lowest BCUT2D eigenvalue weighted by molar-refractivity contribution is -0.144. The molecule has 2 aromatic carbocycles. The van der Waals surface area contributed by atoms with Crippen LogP contribution >= 0.6 is 12.4 Å².